The van der Waals surface area contributed by atoms with Gasteiger partial charge in [-0.2, -0.15) is 0 Å². The lowest BCUT2D eigenvalue weighted by Gasteiger charge is -2.05. The van der Waals surface area contributed by atoms with Gasteiger partial charge in [0.15, 0.2) is 0 Å². The van der Waals surface area contributed by atoms with Crippen molar-refractivity contribution in [2.24, 2.45) is 5.14 Å². The standard InChI is InChI=1S/C14H24N2O2S/c1-2-3-4-5-11-16-12-10-13-6-8-14(9-7-13)19(15,17)18/h6-9,16H,2-5,10-12H2,1H3,(H2,15,17,18). The molecule has 1 aromatic carbocycles. The summed E-state index contributed by atoms with van der Waals surface area (Å²) < 4.78 is 22.2. The molecule has 0 fully saturated rings. The van der Waals surface area contributed by atoms with Crippen LogP contribution >= 0.6 is 0 Å². The molecular formula is C14H24N2O2S. The molecule has 0 saturated carbocycles. The number of nitrogens with two attached hydrogens (primary N) is 1. The van der Waals surface area contributed by atoms with Crippen molar-refractivity contribution >= 4 is 10.0 Å². The van der Waals surface area contributed by atoms with E-state index in [9.17, 15) is 8.42 Å². The maximum absolute atomic E-state index is 11.1. The normalized spacial score (nSPS) is 11.7. The van der Waals surface area contributed by atoms with Crippen LogP contribution in [0.3, 0.4) is 0 Å². The van der Waals surface area contributed by atoms with E-state index in [4.69, 9.17) is 5.14 Å². The Morgan fingerprint density at radius 2 is 1.74 bits per heavy atom. The van der Waals surface area contributed by atoms with E-state index in [1.54, 1.807) is 12.1 Å². The number of nitrogens with one attached hydrogen (secondary N) is 1. The summed E-state index contributed by atoms with van der Waals surface area (Å²) in [7, 11) is -3.57. The van der Waals surface area contributed by atoms with Crippen molar-refractivity contribution in [2.45, 2.75) is 43.9 Å². The molecule has 0 aliphatic heterocycles. The van der Waals surface area contributed by atoms with Gasteiger partial charge in [0, 0.05) is 0 Å². The Morgan fingerprint density at radius 1 is 1.05 bits per heavy atom. The van der Waals surface area contributed by atoms with Crippen LogP contribution < -0.4 is 10.5 Å². The van der Waals surface area contributed by atoms with Crippen LogP contribution in [0, 0.1) is 0 Å². The number of unbranched alkanes of at least 4 members (excludes halogenated alkanes) is 3. The van der Waals surface area contributed by atoms with E-state index in [1.807, 2.05) is 12.1 Å². The average Bonchev–Trinajstić information content (AvgIpc) is 2.37. The molecule has 0 bridgehead atoms. The highest BCUT2D eigenvalue weighted by molar-refractivity contribution is 7.89. The summed E-state index contributed by atoms with van der Waals surface area (Å²) in [6, 6.07) is 6.76. The summed E-state index contributed by atoms with van der Waals surface area (Å²) >= 11 is 0. The van der Waals surface area contributed by atoms with Gasteiger partial charge >= 0.3 is 0 Å². The SMILES string of the molecule is CCCCCCNCCc1ccc(S(N)(=O)=O)cc1. The fourth-order valence-corrected chi connectivity index (χ4v) is 2.40. The van der Waals surface area contributed by atoms with Crippen molar-refractivity contribution in [3.8, 4) is 0 Å². The second-order valence-corrected chi connectivity index (χ2v) is 6.31. The summed E-state index contributed by atoms with van der Waals surface area (Å²) in [5.74, 6) is 0. The van der Waals surface area contributed by atoms with Gasteiger partial charge in [0.1, 0.15) is 0 Å². The minimum Gasteiger partial charge on any atom is -0.316 e. The van der Waals surface area contributed by atoms with Crippen LogP contribution in [-0.4, -0.2) is 21.5 Å². The lowest BCUT2D eigenvalue weighted by atomic mass is 10.1. The Hall–Kier alpha value is -0.910. The monoisotopic (exact) mass is 284 g/mol. The Labute approximate surface area is 116 Å². The lowest BCUT2D eigenvalue weighted by Crippen LogP contribution is -2.18. The van der Waals surface area contributed by atoms with E-state index < -0.39 is 10.0 Å². The highest BCUT2D eigenvalue weighted by Gasteiger charge is 2.06. The predicted molar refractivity (Wildman–Crippen MR) is 78.5 cm³/mol. The van der Waals surface area contributed by atoms with Gasteiger partial charge in [-0.25, -0.2) is 13.6 Å². The number of rotatable bonds is 9. The summed E-state index contributed by atoms with van der Waals surface area (Å²) in [5.41, 5.74) is 1.12. The molecule has 0 heterocycles. The molecule has 0 unspecified atom stereocenters. The molecule has 0 spiro atoms. The minimum atomic E-state index is -3.57. The van der Waals surface area contributed by atoms with Crippen molar-refractivity contribution in [2.75, 3.05) is 13.1 Å². The van der Waals surface area contributed by atoms with E-state index in [0.29, 0.717) is 0 Å². The van der Waals surface area contributed by atoms with Gasteiger partial charge in [-0.3, -0.25) is 0 Å². The molecule has 0 amide bonds. The lowest BCUT2D eigenvalue weighted by molar-refractivity contribution is 0.597. The molecular weight excluding hydrogens is 260 g/mol. The van der Waals surface area contributed by atoms with Crippen molar-refractivity contribution in [3.63, 3.8) is 0 Å². The highest BCUT2D eigenvalue weighted by Crippen LogP contribution is 2.08. The predicted octanol–water partition coefficient (Wildman–Crippen LogP) is 2.05. The molecule has 0 saturated heterocycles. The topological polar surface area (TPSA) is 72.2 Å². The zero-order valence-electron chi connectivity index (χ0n) is 11.6. The van der Waals surface area contributed by atoms with Crippen molar-refractivity contribution in [1.29, 1.82) is 0 Å². The Bertz CT molecular complexity index is 455. The van der Waals surface area contributed by atoms with Crippen LogP contribution in [-0.2, 0) is 16.4 Å². The van der Waals surface area contributed by atoms with Gasteiger partial charge in [-0.15, -0.1) is 0 Å². The largest absolute Gasteiger partial charge is 0.316 e. The first kappa shape index (κ1) is 16.1. The van der Waals surface area contributed by atoms with Crippen molar-refractivity contribution in [3.05, 3.63) is 29.8 Å². The molecule has 5 heteroatoms. The molecule has 3 N–H and O–H groups in total. The molecule has 0 atom stereocenters. The Kier molecular flexibility index (Phi) is 7.05. The quantitative estimate of drug-likeness (QED) is 0.682. The van der Waals surface area contributed by atoms with Gasteiger partial charge < -0.3 is 5.32 Å². The number of sulfonamides is 1. The van der Waals surface area contributed by atoms with Crippen LogP contribution in [0.25, 0.3) is 0 Å². The van der Waals surface area contributed by atoms with E-state index in [-0.39, 0.29) is 4.90 Å². The summed E-state index contributed by atoms with van der Waals surface area (Å²) in [6.45, 7) is 4.18. The average molecular weight is 284 g/mol. The highest BCUT2D eigenvalue weighted by atomic mass is 32.2. The van der Waals surface area contributed by atoms with Crippen LogP contribution in [0.5, 0.6) is 0 Å². The summed E-state index contributed by atoms with van der Waals surface area (Å²) in [4.78, 5) is 0.170. The maximum Gasteiger partial charge on any atom is 0.238 e. The molecule has 0 aliphatic rings. The summed E-state index contributed by atoms with van der Waals surface area (Å²) in [5, 5.41) is 8.44. The van der Waals surface area contributed by atoms with E-state index >= 15 is 0 Å². The second-order valence-electron chi connectivity index (χ2n) is 4.75. The van der Waals surface area contributed by atoms with Gasteiger partial charge in [0.2, 0.25) is 10.0 Å². The second kappa shape index (κ2) is 8.30. The fourth-order valence-electron chi connectivity index (χ4n) is 1.88. The van der Waals surface area contributed by atoms with E-state index in [0.717, 1.165) is 25.1 Å². The molecule has 0 aliphatic carbocycles. The van der Waals surface area contributed by atoms with Crippen LogP contribution in [0.2, 0.25) is 0 Å². The molecule has 19 heavy (non-hydrogen) atoms. The number of primary sulfonamides is 1. The first-order valence-corrected chi connectivity index (χ1v) is 8.41. The third-order valence-electron chi connectivity index (χ3n) is 3.05. The van der Waals surface area contributed by atoms with Gasteiger partial charge in [-0.05, 0) is 43.6 Å². The maximum atomic E-state index is 11.1. The molecule has 0 aromatic heterocycles. The Balaban J connectivity index is 2.23. The van der Waals surface area contributed by atoms with Gasteiger partial charge in [0.05, 0.1) is 4.90 Å². The third kappa shape index (κ3) is 6.71. The van der Waals surface area contributed by atoms with Gasteiger partial charge in [-0.1, -0.05) is 38.3 Å². The zero-order valence-corrected chi connectivity index (χ0v) is 12.4. The van der Waals surface area contributed by atoms with Crippen LogP contribution in [0.4, 0.5) is 0 Å². The zero-order chi connectivity index (χ0) is 14.1. The fraction of sp³-hybridized carbons (Fsp3) is 0.571. The molecule has 1 aromatic rings. The third-order valence-corrected chi connectivity index (χ3v) is 3.98. The van der Waals surface area contributed by atoms with Crippen molar-refractivity contribution in [1.82, 2.24) is 5.32 Å². The molecule has 108 valence electrons. The first-order chi connectivity index (χ1) is 9.04. The van der Waals surface area contributed by atoms with Crippen molar-refractivity contribution < 1.29 is 8.42 Å². The molecule has 0 radical (unpaired) electrons. The number of hydrogen-bond acceptors (Lipinski definition) is 3. The molecule has 4 nitrogen and oxygen atoms in total. The van der Waals surface area contributed by atoms with Crippen LogP contribution in [0.15, 0.2) is 29.2 Å². The molecule has 1 rings (SSSR count). The first-order valence-electron chi connectivity index (χ1n) is 6.86. The number of benzene rings is 1. The van der Waals surface area contributed by atoms with Crippen LogP contribution in [0.1, 0.15) is 38.2 Å². The van der Waals surface area contributed by atoms with E-state index in [2.05, 4.69) is 12.2 Å². The minimum absolute atomic E-state index is 0.170. The Morgan fingerprint density at radius 3 is 2.32 bits per heavy atom. The number of hydrogen-bond donors (Lipinski definition) is 2. The van der Waals surface area contributed by atoms with Gasteiger partial charge in [0.25, 0.3) is 0 Å². The smallest absolute Gasteiger partial charge is 0.238 e. The summed E-state index contributed by atoms with van der Waals surface area (Å²) in [6.07, 6.45) is 5.97. The van der Waals surface area contributed by atoms with E-state index in [1.165, 1.54) is 25.7 Å².